The summed E-state index contributed by atoms with van der Waals surface area (Å²) < 4.78 is 5.42. The zero-order chi connectivity index (χ0) is 23.4. The number of amides is 1. The van der Waals surface area contributed by atoms with Crippen LogP contribution >= 0.6 is 11.3 Å². The van der Waals surface area contributed by atoms with Gasteiger partial charge in [-0.3, -0.25) is 15.1 Å². The molecule has 5 rings (SSSR count). The lowest BCUT2D eigenvalue weighted by Gasteiger charge is -2.52. The van der Waals surface area contributed by atoms with E-state index < -0.39 is 11.0 Å². The Morgan fingerprint density at radius 1 is 1.21 bits per heavy atom. The number of thiophene rings is 1. The summed E-state index contributed by atoms with van der Waals surface area (Å²) in [5, 5.41) is 23.2. The Bertz CT molecular complexity index is 1340. The quantitative estimate of drug-likeness (QED) is 0.612. The number of hydrogen-bond donors (Lipinski definition) is 2. The summed E-state index contributed by atoms with van der Waals surface area (Å²) in [6.45, 7) is 2.03. The van der Waals surface area contributed by atoms with Crippen LogP contribution in [0.5, 0.6) is 5.75 Å². The number of carbonyl (C=O) groups excluding carboxylic acids is 1. The number of fused-ring (bicyclic) bond motifs is 2. The maximum absolute atomic E-state index is 13.9. The molecule has 1 unspecified atom stereocenters. The standard InChI is InChI=1S/C26H24N4O2S/c1-25(22-13-19(15-33-22)17-6-4-5-16(11-17)14-27)26(23(31)30(2)24(28)29-25)10-9-18-12-20(32-3)7-8-21(18)26/h4-8,11-13,15H,9-10H2,1-3H3,(H2,28,29)/t25?,26-/m0/s1. The second-order valence-electron chi connectivity index (χ2n) is 8.78. The second kappa shape index (κ2) is 7.46. The fraction of sp³-hybridized carbons (Fsp3) is 0.269. The molecule has 2 aliphatic rings. The number of benzene rings is 2. The number of hydrogen-bond acceptors (Lipinski definition) is 5. The minimum atomic E-state index is -0.843. The van der Waals surface area contributed by atoms with Gasteiger partial charge in [0.1, 0.15) is 11.2 Å². The van der Waals surface area contributed by atoms with Crippen molar-refractivity contribution in [3.63, 3.8) is 0 Å². The zero-order valence-electron chi connectivity index (χ0n) is 18.7. The topological polar surface area (TPSA) is 89.2 Å². The summed E-state index contributed by atoms with van der Waals surface area (Å²) in [6.07, 6.45) is 1.41. The van der Waals surface area contributed by atoms with Crippen molar-refractivity contribution in [2.45, 2.75) is 30.7 Å². The van der Waals surface area contributed by atoms with Crippen molar-refractivity contribution in [3.8, 4) is 22.9 Å². The predicted octanol–water partition coefficient (Wildman–Crippen LogP) is 4.39. The molecule has 2 atom stereocenters. The molecule has 1 aliphatic carbocycles. The van der Waals surface area contributed by atoms with Gasteiger partial charge in [0, 0.05) is 11.9 Å². The van der Waals surface area contributed by atoms with Crippen LogP contribution in [-0.2, 0) is 22.2 Å². The third-order valence-corrected chi connectivity index (χ3v) is 8.34. The number of rotatable bonds is 3. The molecule has 1 saturated heterocycles. The lowest BCUT2D eigenvalue weighted by atomic mass is 9.63. The number of nitriles is 1. The van der Waals surface area contributed by atoms with Gasteiger partial charge in [-0.2, -0.15) is 5.26 Å². The number of likely N-dealkylation sites (N-methyl/N-ethyl adjacent to an activating group) is 1. The van der Waals surface area contributed by atoms with Gasteiger partial charge in [0.15, 0.2) is 5.96 Å². The van der Waals surface area contributed by atoms with Gasteiger partial charge >= 0.3 is 0 Å². The van der Waals surface area contributed by atoms with E-state index in [0.717, 1.165) is 39.3 Å². The number of guanidine groups is 1. The van der Waals surface area contributed by atoms with Gasteiger partial charge in [-0.25, -0.2) is 0 Å². The number of methoxy groups -OCH3 is 1. The summed E-state index contributed by atoms with van der Waals surface area (Å²) in [5.41, 5.74) is 3.01. The molecule has 6 nitrogen and oxygen atoms in total. The Labute approximate surface area is 196 Å². The summed E-state index contributed by atoms with van der Waals surface area (Å²) in [6, 6.07) is 17.7. The van der Waals surface area contributed by atoms with Crippen molar-refractivity contribution in [1.82, 2.24) is 10.2 Å². The molecule has 166 valence electrons. The number of ether oxygens (including phenoxy) is 1. The lowest BCUT2D eigenvalue weighted by Crippen LogP contribution is -2.71. The number of aryl methyl sites for hydroxylation is 1. The van der Waals surface area contributed by atoms with E-state index in [1.165, 1.54) is 4.90 Å². The van der Waals surface area contributed by atoms with Crippen molar-refractivity contribution in [3.05, 3.63) is 75.5 Å². The number of nitrogens with zero attached hydrogens (tertiary/aromatic N) is 2. The van der Waals surface area contributed by atoms with Crippen LogP contribution in [0, 0.1) is 16.7 Å². The van der Waals surface area contributed by atoms with Crippen LogP contribution in [0.15, 0.2) is 53.9 Å². The smallest absolute Gasteiger partial charge is 0.242 e. The van der Waals surface area contributed by atoms with E-state index in [-0.39, 0.29) is 11.9 Å². The molecule has 0 saturated carbocycles. The Balaban J connectivity index is 1.68. The molecule has 7 heteroatoms. The third kappa shape index (κ3) is 2.91. The summed E-state index contributed by atoms with van der Waals surface area (Å²) >= 11 is 1.57. The predicted molar refractivity (Wildman–Crippen MR) is 128 cm³/mol. The van der Waals surface area contributed by atoms with Crippen LogP contribution in [0.4, 0.5) is 0 Å². The van der Waals surface area contributed by atoms with Crippen molar-refractivity contribution in [2.75, 3.05) is 14.2 Å². The highest BCUT2D eigenvalue weighted by atomic mass is 32.1. The van der Waals surface area contributed by atoms with Gasteiger partial charge in [0.25, 0.3) is 0 Å². The summed E-state index contributed by atoms with van der Waals surface area (Å²) in [5.74, 6) is 0.802. The Kier molecular flexibility index (Phi) is 4.80. The van der Waals surface area contributed by atoms with E-state index in [0.29, 0.717) is 12.0 Å². The van der Waals surface area contributed by atoms with Crippen LogP contribution in [0.2, 0.25) is 0 Å². The first-order valence-corrected chi connectivity index (χ1v) is 11.6. The largest absolute Gasteiger partial charge is 0.497 e. The first-order valence-electron chi connectivity index (χ1n) is 10.8. The van der Waals surface area contributed by atoms with E-state index in [9.17, 15) is 10.1 Å². The van der Waals surface area contributed by atoms with Gasteiger partial charge < -0.3 is 10.1 Å². The highest BCUT2D eigenvalue weighted by Crippen LogP contribution is 2.55. The average Bonchev–Trinajstić information content (AvgIpc) is 3.48. The highest BCUT2D eigenvalue weighted by Gasteiger charge is 2.63. The molecule has 1 spiro atoms. The Morgan fingerprint density at radius 3 is 2.79 bits per heavy atom. The molecule has 2 aromatic carbocycles. The third-order valence-electron chi connectivity index (χ3n) is 7.19. The van der Waals surface area contributed by atoms with Gasteiger partial charge in [-0.05, 0) is 77.7 Å². The van der Waals surface area contributed by atoms with Crippen molar-refractivity contribution in [1.29, 1.82) is 10.7 Å². The maximum atomic E-state index is 13.9. The van der Waals surface area contributed by atoms with Crippen molar-refractivity contribution >= 4 is 23.2 Å². The van der Waals surface area contributed by atoms with Crippen LogP contribution in [0.1, 0.15) is 34.9 Å². The number of nitrogens with one attached hydrogen (secondary N) is 2. The zero-order valence-corrected chi connectivity index (χ0v) is 19.5. The highest BCUT2D eigenvalue weighted by molar-refractivity contribution is 7.10. The maximum Gasteiger partial charge on any atom is 0.242 e. The van der Waals surface area contributed by atoms with E-state index in [4.69, 9.17) is 10.1 Å². The normalized spacial score (nSPS) is 23.9. The molecule has 3 aromatic rings. The second-order valence-corrected chi connectivity index (χ2v) is 9.69. The molecular formula is C26H24N4O2S. The van der Waals surface area contributed by atoms with Crippen molar-refractivity contribution in [2.24, 2.45) is 0 Å². The fourth-order valence-corrected chi connectivity index (χ4v) is 6.45. The molecule has 2 heterocycles. The SMILES string of the molecule is COc1ccc2c(c1)CC[C@@]21C(=O)N(C)C(=N)NC1(C)c1cc(-c2cccc(C#N)c2)cs1. The van der Waals surface area contributed by atoms with Gasteiger partial charge in [-0.15, -0.1) is 11.3 Å². The molecule has 1 aromatic heterocycles. The minimum absolute atomic E-state index is 0.0703. The monoisotopic (exact) mass is 456 g/mol. The van der Waals surface area contributed by atoms with Gasteiger partial charge in [0.05, 0.1) is 24.3 Å². The lowest BCUT2D eigenvalue weighted by molar-refractivity contribution is -0.138. The van der Waals surface area contributed by atoms with E-state index in [2.05, 4.69) is 22.8 Å². The summed E-state index contributed by atoms with van der Waals surface area (Å²) in [4.78, 5) is 16.3. The molecule has 33 heavy (non-hydrogen) atoms. The van der Waals surface area contributed by atoms with Crippen LogP contribution < -0.4 is 10.1 Å². The molecule has 0 radical (unpaired) electrons. The molecular weight excluding hydrogens is 432 g/mol. The van der Waals surface area contributed by atoms with Crippen LogP contribution in [0.25, 0.3) is 11.1 Å². The van der Waals surface area contributed by atoms with E-state index >= 15 is 0 Å². The summed E-state index contributed by atoms with van der Waals surface area (Å²) in [7, 11) is 3.31. The van der Waals surface area contributed by atoms with Gasteiger partial charge in [0.2, 0.25) is 5.91 Å². The Hall–Kier alpha value is -3.63. The molecule has 0 bridgehead atoms. The minimum Gasteiger partial charge on any atom is -0.497 e. The first kappa shape index (κ1) is 21.2. The van der Waals surface area contributed by atoms with Crippen LogP contribution in [0.3, 0.4) is 0 Å². The molecule has 1 aliphatic heterocycles. The first-order chi connectivity index (χ1) is 15.8. The molecule has 1 fully saturated rings. The fourth-order valence-electron chi connectivity index (χ4n) is 5.34. The Morgan fingerprint density at radius 2 is 2.03 bits per heavy atom. The average molecular weight is 457 g/mol. The van der Waals surface area contributed by atoms with Crippen molar-refractivity contribution < 1.29 is 9.53 Å². The number of carbonyl (C=O) groups is 1. The van der Waals surface area contributed by atoms with E-state index in [1.54, 1.807) is 31.6 Å². The molecule has 1 amide bonds. The van der Waals surface area contributed by atoms with Crippen LogP contribution in [-0.4, -0.2) is 30.9 Å². The molecule has 2 N–H and O–H groups in total. The van der Waals surface area contributed by atoms with E-state index in [1.807, 2.05) is 43.3 Å². The van der Waals surface area contributed by atoms with Gasteiger partial charge in [-0.1, -0.05) is 18.2 Å².